The first-order valence-corrected chi connectivity index (χ1v) is 13.0. The van der Waals surface area contributed by atoms with Gasteiger partial charge in [0.2, 0.25) is 5.91 Å². The Hall–Kier alpha value is -2.62. The maximum atomic E-state index is 13.6. The number of alkyl halides is 3. The molecule has 0 aromatic heterocycles. The number of hydrogen-bond acceptors (Lipinski definition) is 5. The minimum atomic E-state index is -4.50. The Balaban J connectivity index is 1.38. The van der Waals surface area contributed by atoms with Gasteiger partial charge in [0.1, 0.15) is 0 Å². The minimum absolute atomic E-state index is 0.0462. The van der Waals surface area contributed by atoms with Gasteiger partial charge in [0, 0.05) is 38.8 Å². The van der Waals surface area contributed by atoms with Crippen molar-refractivity contribution in [1.82, 2.24) is 9.80 Å². The molecule has 2 fully saturated rings. The second kappa shape index (κ2) is 10.6. The number of amides is 1. The third-order valence-corrected chi connectivity index (χ3v) is 7.44. The van der Waals surface area contributed by atoms with E-state index in [1.54, 1.807) is 6.07 Å². The number of anilines is 1. The summed E-state index contributed by atoms with van der Waals surface area (Å²) in [6.45, 7) is 5.19. The Labute approximate surface area is 215 Å². The van der Waals surface area contributed by atoms with Crippen LogP contribution < -0.4 is 5.32 Å². The fraction of sp³-hybridized carbons (Fsp3) is 0.536. The van der Waals surface area contributed by atoms with Gasteiger partial charge in [0.25, 0.3) is 0 Å². The third-order valence-electron chi connectivity index (χ3n) is 7.44. The Morgan fingerprint density at radius 2 is 1.97 bits per heavy atom. The Morgan fingerprint density at radius 1 is 1.16 bits per heavy atom. The largest absolute Gasteiger partial charge is 0.416 e. The lowest BCUT2D eigenvalue weighted by molar-refractivity contribution is -0.160. The number of benzene rings is 2. The molecule has 5 rings (SSSR count). The Bertz CT molecular complexity index is 1110. The maximum absolute atomic E-state index is 13.6. The van der Waals surface area contributed by atoms with Crippen LogP contribution in [0, 0.1) is 5.92 Å². The summed E-state index contributed by atoms with van der Waals surface area (Å²) in [7, 11) is 0. The molecule has 2 heterocycles. The summed E-state index contributed by atoms with van der Waals surface area (Å²) in [5.41, 5.74) is 1.65. The molecule has 1 N–H and O–H groups in total. The van der Waals surface area contributed by atoms with Gasteiger partial charge >= 0.3 is 6.18 Å². The van der Waals surface area contributed by atoms with Crippen molar-refractivity contribution < 1.29 is 27.4 Å². The van der Waals surface area contributed by atoms with Crippen molar-refractivity contribution >= 4 is 11.6 Å². The van der Waals surface area contributed by atoms with Crippen molar-refractivity contribution in [3.8, 4) is 0 Å². The number of fused-ring (bicyclic) bond motifs is 1. The minimum Gasteiger partial charge on any atom is -0.374 e. The van der Waals surface area contributed by atoms with Crippen LogP contribution in [0.15, 0.2) is 42.5 Å². The standard InChI is InChI=1S/C28H34F3N3O3/c1-20(35)34(17-23-5-2-3-7-25(23)28(29,30)31)18-27(19-36-13-14-37-27)32-26-8-4-6-22-16-33(12-11-24(22)26)15-21-9-10-21/h2-8,21,32H,9-19H2,1H3. The molecule has 2 aliphatic heterocycles. The first-order valence-electron chi connectivity index (χ1n) is 13.0. The first kappa shape index (κ1) is 26.0. The quantitative estimate of drug-likeness (QED) is 0.551. The van der Waals surface area contributed by atoms with Crippen molar-refractivity contribution in [3.05, 3.63) is 64.7 Å². The van der Waals surface area contributed by atoms with E-state index in [2.05, 4.69) is 16.3 Å². The van der Waals surface area contributed by atoms with Crippen molar-refractivity contribution in [1.29, 1.82) is 0 Å². The molecular weight excluding hydrogens is 483 g/mol. The van der Waals surface area contributed by atoms with Crippen LogP contribution in [0.5, 0.6) is 0 Å². The number of nitrogens with one attached hydrogen (secondary N) is 1. The molecule has 1 atom stereocenters. The smallest absolute Gasteiger partial charge is 0.374 e. The van der Waals surface area contributed by atoms with Gasteiger partial charge in [-0.05, 0) is 54.0 Å². The monoisotopic (exact) mass is 517 g/mol. The summed E-state index contributed by atoms with van der Waals surface area (Å²) in [4.78, 5) is 16.6. The maximum Gasteiger partial charge on any atom is 0.416 e. The van der Waals surface area contributed by atoms with E-state index < -0.39 is 17.5 Å². The van der Waals surface area contributed by atoms with Crippen LogP contribution in [-0.4, -0.2) is 60.9 Å². The van der Waals surface area contributed by atoms with Crippen LogP contribution in [0.1, 0.15) is 42.0 Å². The van der Waals surface area contributed by atoms with E-state index in [4.69, 9.17) is 9.47 Å². The number of carbonyl (C=O) groups excluding carboxylic acids is 1. The van der Waals surface area contributed by atoms with E-state index in [1.807, 2.05) is 12.1 Å². The molecule has 1 unspecified atom stereocenters. The van der Waals surface area contributed by atoms with Gasteiger partial charge in [0.05, 0.1) is 31.9 Å². The second-order valence-corrected chi connectivity index (χ2v) is 10.4. The average Bonchev–Trinajstić information content (AvgIpc) is 3.68. The molecule has 2 aromatic carbocycles. The molecule has 1 aliphatic carbocycles. The fourth-order valence-electron chi connectivity index (χ4n) is 5.36. The summed E-state index contributed by atoms with van der Waals surface area (Å²) >= 11 is 0. The number of nitrogens with zero attached hydrogens (tertiary/aromatic N) is 2. The van der Waals surface area contributed by atoms with Crippen LogP contribution in [0.2, 0.25) is 0 Å². The first-order chi connectivity index (χ1) is 17.7. The average molecular weight is 518 g/mol. The van der Waals surface area contributed by atoms with Crippen LogP contribution in [0.25, 0.3) is 0 Å². The van der Waals surface area contributed by atoms with Gasteiger partial charge in [-0.15, -0.1) is 0 Å². The lowest BCUT2D eigenvalue weighted by Crippen LogP contribution is -2.57. The summed E-state index contributed by atoms with van der Waals surface area (Å²) in [5.74, 6) is 0.497. The highest BCUT2D eigenvalue weighted by Crippen LogP contribution is 2.35. The van der Waals surface area contributed by atoms with E-state index in [0.717, 1.165) is 43.7 Å². The summed E-state index contributed by atoms with van der Waals surface area (Å²) in [6.07, 6.45) is -0.955. The van der Waals surface area contributed by atoms with Crippen molar-refractivity contribution in [2.75, 3.05) is 44.8 Å². The molecule has 1 saturated heterocycles. The zero-order valence-electron chi connectivity index (χ0n) is 21.2. The summed E-state index contributed by atoms with van der Waals surface area (Å²) < 4.78 is 52.8. The summed E-state index contributed by atoms with van der Waals surface area (Å²) in [6, 6.07) is 11.5. The van der Waals surface area contributed by atoms with E-state index in [9.17, 15) is 18.0 Å². The molecule has 9 heteroatoms. The van der Waals surface area contributed by atoms with Crippen molar-refractivity contribution in [3.63, 3.8) is 0 Å². The van der Waals surface area contributed by atoms with Gasteiger partial charge in [-0.3, -0.25) is 9.69 Å². The normalized spacial score (nSPS) is 22.4. The number of halogens is 3. The molecule has 6 nitrogen and oxygen atoms in total. The van der Waals surface area contributed by atoms with Crippen molar-refractivity contribution in [2.24, 2.45) is 5.92 Å². The van der Waals surface area contributed by atoms with Gasteiger partial charge in [-0.1, -0.05) is 30.3 Å². The van der Waals surface area contributed by atoms with Crippen LogP contribution in [-0.2, 0) is 40.0 Å². The topological polar surface area (TPSA) is 54.0 Å². The molecule has 1 saturated carbocycles. The number of carbonyl (C=O) groups is 1. The highest BCUT2D eigenvalue weighted by Gasteiger charge is 2.39. The highest BCUT2D eigenvalue weighted by atomic mass is 19.4. The molecule has 0 radical (unpaired) electrons. The summed E-state index contributed by atoms with van der Waals surface area (Å²) in [5, 5.41) is 3.52. The number of ether oxygens (including phenoxy) is 2. The Kier molecular flexibility index (Phi) is 7.47. The van der Waals surface area contributed by atoms with Gasteiger partial charge in [0.15, 0.2) is 5.72 Å². The fourth-order valence-corrected chi connectivity index (χ4v) is 5.36. The third kappa shape index (κ3) is 6.27. The number of rotatable bonds is 8. The van der Waals surface area contributed by atoms with Crippen molar-refractivity contribution in [2.45, 2.75) is 51.2 Å². The van der Waals surface area contributed by atoms with Crippen LogP contribution >= 0.6 is 0 Å². The molecule has 3 aliphatic rings. The second-order valence-electron chi connectivity index (χ2n) is 10.4. The number of hydrogen-bond donors (Lipinski definition) is 1. The molecule has 1 amide bonds. The zero-order chi connectivity index (χ0) is 26.0. The lowest BCUT2D eigenvalue weighted by Gasteiger charge is -2.42. The Morgan fingerprint density at radius 3 is 2.68 bits per heavy atom. The van der Waals surface area contributed by atoms with Crippen LogP contribution in [0.3, 0.4) is 0 Å². The molecule has 0 bridgehead atoms. The predicted octanol–water partition coefficient (Wildman–Crippen LogP) is 4.68. The predicted molar refractivity (Wildman–Crippen MR) is 134 cm³/mol. The lowest BCUT2D eigenvalue weighted by atomic mass is 9.96. The zero-order valence-corrected chi connectivity index (χ0v) is 21.2. The molecule has 2 aromatic rings. The highest BCUT2D eigenvalue weighted by molar-refractivity contribution is 5.73. The van der Waals surface area contributed by atoms with Gasteiger partial charge in [-0.2, -0.15) is 13.2 Å². The van der Waals surface area contributed by atoms with E-state index in [1.165, 1.54) is 47.9 Å². The van der Waals surface area contributed by atoms with E-state index >= 15 is 0 Å². The van der Waals surface area contributed by atoms with Crippen LogP contribution in [0.4, 0.5) is 18.9 Å². The SMILES string of the molecule is CC(=O)N(Cc1ccccc1C(F)(F)F)CC1(Nc2cccc3c2CCN(CC2CC2)C3)COCCO1. The molecule has 0 spiro atoms. The van der Waals surface area contributed by atoms with Gasteiger partial charge in [-0.25, -0.2) is 0 Å². The molecule has 200 valence electrons. The van der Waals surface area contributed by atoms with Gasteiger partial charge < -0.3 is 19.7 Å². The van der Waals surface area contributed by atoms with E-state index in [-0.39, 0.29) is 31.2 Å². The van der Waals surface area contributed by atoms with E-state index in [0.29, 0.717) is 13.2 Å². The molecular formula is C28H34F3N3O3. The molecule has 37 heavy (non-hydrogen) atoms.